The normalized spacial score (nSPS) is 12.5. The van der Waals surface area contributed by atoms with Gasteiger partial charge in [-0.1, -0.05) is 13.8 Å². The molecule has 0 aliphatic rings. The number of rotatable bonds is 9. The first-order valence-corrected chi connectivity index (χ1v) is 8.31. The van der Waals surface area contributed by atoms with Crippen LogP contribution in [0.25, 0.3) is 0 Å². The molecule has 0 bridgehead atoms. The van der Waals surface area contributed by atoms with Crippen LogP contribution < -0.4 is 10.0 Å². The van der Waals surface area contributed by atoms with Crippen molar-refractivity contribution in [2.75, 3.05) is 13.2 Å². The predicted octanol–water partition coefficient (Wildman–Crippen LogP) is 1.22. The maximum atomic E-state index is 12.0. The van der Waals surface area contributed by atoms with Crippen LogP contribution in [0, 0.1) is 0 Å². The van der Waals surface area contributed by atoms with Gasteiger partial charge in [0.05, 0.1) is 17.6 Å². The molecule has 6 nitrogen and oxygen atoms in total. The number of H-pyrrole nitrogens is 1. The number of aromatic amines is 1. The Morgan fingerprint density at radius 1 is 1.30 bits per heavy atom. The summed E-state index contributed by atoms with van der Waals surface area (Å²) in [6.45, 7) is 9.15. The number of ether oxygens (including phenoxy) is 1. The molecule has 0 spiro atoms. The van der Waals surface area contributed by atoms with Gasteiger partial charge in [-0.25, -0.2) is 13.1 Å². The van der Waals surface area contributed by atoms with Crippen molar-refractivity contribution in [1.82, 2.24) is 15.0 Å². The summed E-state index contributed by atoms with van der Waals surface area (Å²) in [4.78, 5) is 3.22. The van der Waals surface area contributed by atoms with Crippen LogP contribution in [0.15, 0.2) is 17.2 Å². The Kier molecular flexibility index (Phi) is 6.67. The Morgan fingerprint density at radius 3 is 2.60 bits per heavy atom. The number of hydrogen-bond donors (Lipinski definition) is 3. The van der Waals surface area contributed by atoms with E-state index in [4.69, 9.17) is 4.74 Å². The summed E-state index contributed by atoms with van der Waals surface area (Å²) in [5.41, 5.74) is 0.845. The molecule has 116 valence electrons. The van der Waals surface area contributed by atoms with Crippen LogP contribution in [0.2, 0.25) is 0 Å². The quantitative estimate of drug-likeness (QED) is 0.599. The molecule has 1 aromatic heterocycles. The summed E-state index contributed by atoms with van der Waals surface area (Å²) >= 11 is 0. The van der Waals surface area contributed by atoms with Crippen LogP contribution in [-0.4, -0.2) is 38.7 Å². The van der Waals surface area contributed by atoms with E-state index in [0.29, 0.717) is 19.2 Å². The van der Waals surface area contributed by atoms with E-state index in [9.17, 15) is 8.42 Å². The average Bonchev–Trinajstić information content (AvgIpc) is 2.81. The van der Waals surface area contributed by atoms with Gasteiger partial charge in [0.1, 0.15) is 0 Å². The Bertz CT molecular complexity index is 495. The number of sulfonamides is 1. The predicted molar refractivity (Wildman–Crippen MR) is 79.0 cm³/mol. The minimum absolute atomic E-state index is 0.0977. The summed E-state index contributed by atoms with van der Waals surface area (Å²) < 4.78 is 31.9. The number of aromatic nitrogens is 1. The molecule has 1 heterocycles. The standard InChI is InChI=1S/C13H25N3O3S/c1-10(2)14-8-12-7-13(9-15-12)20(17,18)16-5-6-19-11(3)4/h7,9-11,14-16H,5-6,8H2,1-4H3. The second-order valence-electron chi connectivity index (χ2n) is 5.21. The molecule has 0 radical (unpaired) electrons. The fraction of sp³-hybridized carbons (Fsp3) is 0.692. The molecule has 0 saturated carbocycles. The van der Waals surface area contributed by atoms with Gasteiger partial charge < -0.3 is 15.0 Å². The molecule has 0 atom stereocenters. The van der Waals surface area contributed by atoms with Crippen molar-refractivity contribution in [3.8, 4) is 0 Å². The van der Waals surface area contributed by atoms with E-state index in [2.05, 4.69) is 15.0 Å². The zero-order valence-corrected chi connectivity index (χ0v) is 13.4. The molecule has 0 amide bonds. The van der Waals surface area contributed by atoms with Crippen LogP contribution in [0.5, 0.6) is 0 Å². The lowest BCUT2D eigenvalue weighted by Gasteiger charge is -2.08. The largest absolute Gasteiger partial charge is 0.377 e. The van der Waals surface area contributed by atoms with Gasteiger partial charge in [0.15, 0.2) is 0 Å². The van der Waals surface area contributed by atoms with Crippen LogP contribution in [0.4, 0.5) is 0 Å². The topological polar surface area (TPSA) is 83.2 Å². The summed E-state index contributed by atoms with van der Waals surface area (Å²) in [6.07, 6.45) is 1.60. The Balaban J connectivity index is 2.51. The minimum Gasteiger partial charge on any atom is -0.377 e. The van der Waals surface area contributed by atoms with Gasteiger partial charge in [-0.05, 0) is 19.9 Å². The minimum atomic E-state index is -3.46. The van der Waals surface area contributed by atoms with Crippen molar-refractivity contribution in [3.63, 3.8) is 0 Å². The third kappa shape index (κ3) is 6.04. The summed E-state index contributed by atoms with van der Waals surface area (Å²) in [5.74, 6) is 0. The van der Waals surface area contributed by atoms with E-state index in [1.807, 2.05) is 27.7 Å². The monoisotopic (exact) mass is 303 g/mol. The van der Waals surface area contributed by atoms with Crippen molar-refractivity contribution in [2.45, 2.75) is 51.3 Å². The fourth-order valence-corrected chi connectivity index (χ4v) is 2.57. The number of hydrogen-bond acceptors (Lipinski definition) is 4. The van der Waals surface area contributed by atoms with Crippen molar-refractivity contribution in [2.24, 2.45) is 0 Å². The van der Waals surface area contributed by atoms with E-state index < -0.39 is 10.0 Å². The molecule has 1 rings (SSSR count). The Morgan fingerprint density at radius 2 is 2.00 bits per heavy atom. The lowest BCUT2D eigenvalue weighted by atomic mass is 10.3. The average molecular weight is 303 g/mol. The molecule has 3 N–H and O–H groups in total. The molecule has 0 unspecified atom stereocenters. The first-order valence-electron chi connectivity index (χ1n) is 6.83. The van der Waals surface area contributed by atoms with Gasteiger partial charge in [-0.15, -0.1) is 0 Å². The van der Waals surface area contributed by atoms with Gasteiger partial charge in [0.2, 0.25) is 10.0 Å². The lowest BCUT2D eigenvalue weighted by Crippen LogP contribution is -2.28. The van der Waals surface area contributed by atoms with Gasteiger partial charge in [0.25, 0.3) is 0 Å². The molecule has 0 fully saturated rings. The summed E-state index contributed by atoms with van der Waals surface area (Å²) in [5, 5.41) is 3.22. The van der Waals surface area contributed by atoms with E-state index in [1.54, 1.807) is 6.07 Å². The molecule has 0 aromatic carbocycles. The third-order valence-electron chi connectivity index (χ3n) is 2.57. The molecule has 1 aromatic rings. The van der Waals surface area contributed by atoms with Crippen LogP contribution in [0.1, 0.15) is 33.4 Å². The van der Waals surface area contributed by atoms with Crippen molar-refractivity contribution in [1.29, 1.82) is 0 Å². The Labute approximate surface area is 121 Å². The zero-order chi connectivity index (χ0) is 15.2. The van der Waals surface area contributed by atoms with E-state index in [-0.39, 0.29) is 17.5 Å². The van der Waals surface area contributed by atoms with Crippen LogP contribution in [0.3, 0.4) is 0 Å². The zero-order valence-electron chi connectivity index (χ0n) is 12.6. The smallest absolute Gasteiger partial charge is 0.242 e. The van der Waals surface area contributed by atoms with Crippen LogP contribution >= 0.6 is 0 Å². The molecular weight excluding hydrogens is 278 g/mol. The second kappa shape index (κ2) is 7.78. The fourth-order valence-electron chi connectivity index (χ4n) is 1.54. The number of nitrogens with one attached hydrogen (secondary N) is 3. The van der Waals surface area contributed by atoms with Crippen molar-refractivity contribution >= 4 is 10.0 Å². The molecule has 0 aliphatic heterocycles. The third-order valence-corrected chi connectivity index (χ3v) is 4.01. The van der Waals surface area contributed by atoms with E-state index in [0.717, 1.165) is 5.69 Å². The Hall–Kier alpha value is -0.890. The molecule has 20 heavy (non-hydrogen) atoms. The van der Waals surface area contributed by atoms with E-state index in [1.165, 1.54) is 6.20 Å². The molecule has 0 aliphatic carbocycles. The molecular formula is C13H25N3O3S. The highest BCUT2D eigenvalue weighted by atomic mass is 32.2. The first kappa shape index (κ1) is 17.2. The van der Waals surface area contributed by atoms with Gasteiger partial charge in [-0.3, -0.25) is 0 Å². The molecule has 0 saturated heterocycles. The van der Waals surface area contributed by atoms with Crippen molar-refractivity contribution < 1.29 is 13.2 Å². The highest BCUT2D eigenvalue weighted by Crippen LogP contribution is 2.10. The maximum Gasteiger partial charge on any atom is 0.242 e. The van der Waals surface area contributed by atoms with Gasteiger partial charge in [0, 0.05) is 31.0 Å². The SMILES string of the molecule is CC(C)NCc1cc(S(=O)(=O)NCCOC(C)C)c[nH]1. The van der Waals surface area contributed by atoms with E-state index >= 15 is 0 Å². The highest BCUT2D eigenvalue weighted by Gasteiger charge is 2.15. The second-order valence-corrected chi connectivity index (χ2v) is 6.98. The summed E-state index contributed by atoms with van der Waals surface area (Å²) in [7, 11) is -3.46. The first-order chi connectivity index (χ1) is 9.31. The summed E-state index contributed by atoms with van der Waals surface area (Å²) in [6, 6.07) is 1.99. The lowest BCUT2D eigenvalue weighted by molar-refractivity contribution is 0.0834. The van der Waals surface area contributed by atoms with Crippen molar-refractivity contribution in [3.05, 3.63) is 18.0 Å². The van der Waals surface area contributed by atoms with Crippen LogP contribution in [-0.2, 0) is 21.3 Å². The van der Waals surface area contributed by atoms with Gasteiger partial charge >= 0.3 is 0 Å². The highest BCUT2D eigenvalue weighted by molar-refractivity contribution is 7.89. The van der Waals surface area contributed by atoms with Gasteiger partial charge in [-0.2, -0.15) is 0 Å². The molecule has 7 heteroatoms. The maximum absolute atomic E-state index is 12.0.